The molecule has 0 radical (unpaired) electrons. The lowest BCUT2D eigenvalue weighted by Gasteiger charge is -2.21. The molecule has 5 heteroatoms. The van der Waals surface area contributed by atoms with Gasteiger partial charge in [0.15, 0.2) is 0 Å². The van der Waals surface area contributed by atoms with E-state index in [9.17, 15) is 9.59 Å². The van der Waals surface area contributed by atoms with Crippen molar-refractivity contribution in [3.63, 3.8) is 0 Å². The van der Waals surface area contributed by atoms with Crippen molar-refractivity contribution in [1.82, 2.24) is 5.32 Å². The van der Waals surface area contributed by atoms with E-state index >= 15 is 0 Å². The van der Waals surface area contributed by atoms with Crippen LogP contribution in [0.5, 0.6) is 0 Å². The summed E-state index contributed by atoms with van der Waals surface area (Å²) in [5.74, 6) is -1.31. The SMILES string of the molecule is CCC(NC(=O)C(=O)Nc1ccc(Cl)cc1)c1ccc2c(c1)CCCC2. The summed E-state index contributed by atoms with van der Waals surface area (Å²) in [6.07, 6.45) is 5.39. The van der Waals surface area contributed by atoms with Crippen LogP contribution in [0.4, 0.5) is 5.69 Å². The number of benzene rings is 2. The van der Waals surface area contributed by atoms with Gasteiger partial charge in [0.25, 0.3) is 0 Å². The highest BCUT2D eigenvalue weighted by Crippen LogP contribution is 2.26. The number of fused-ring (bicyclic) bond motifs is 1. The molecule has 0 saturated carbocycles. The number of rotatable bonds is 4. The molecule has 2 aromatic rings. The fraction of sp³-hybridized carbons (Fsp3) is 0.333. The first-order valence-corrected chi connectivity index (χ1v) is 9.43. The molecule has 1 unspecified atom stereocenters. The van der Waals surface area contributed by atoms with Crippen LogP contribution in [0, 0.1) is 0 Å². The van der Waals surface area contributed by atoms with E-state index in [2.05, 4.69) is 28.8 Å². The van der Waals surface area contributed by atoms with Crippen molar-refractivity contribution in [3.05, 3.63) is 64.2 Å². The molecule has 0 aromatic heterocycles. The molecule has 0 spiro atoms. The minimum Gasteiger partial charge on any atom is -0.341 e. The number of hydrogen-bond acceptors (Lipinski definition) is 2. The number of aryl methyl sites for hydroxylation is 2. The van der Waals surface area contributed by atoms with Crippen LogP contribution in [0.25, 0.3) is 0 Å². The van der Waals surface area contributed by atoms with Crippen LogP contribution in [-0.4, -0.2) is 11.8 Å². The van der Waals surface area contributed by atoms with Gasteiger partial charge in [0, 0.05) is 10.7 Å². The van der Waals surface area contributed by atoms with Crippen molar-refractivity contribution in [2.45, 2.75) is 45.1 Å². The monoisotopic (exact) mass is 370 g/mol. The molecule has 0 fully saturated rings. The first-order valence-electron chi connectivity index (χ1n) is 9.06. The zero-order chi connectivity index (χ0) is 18.5. The zero-order valence-electron chi connectivity index (χ0n) is 14.8. The smallest absolute Gasteiger partial charge is 0.313 e. The Kier molecular flexibility index (Phi) is 5.94. The largest absolute Gasteiger partial charge is 0.341 e. The van der Waals surface area contributed by atoms with Crippen molar-refractivity contribution >= 4 is 29.1 Å². The molecular weight excluding hydrogens is 348 g/mol. The lowest BCUT2D eigenvalue weighted by Crippen LogP contribution is -2.37. The summed E-state index contributed by atoms with van der Waals surface area (Å²) >= 11 is 5.82. The van der Waals surface area contributed by atoms with E-state index in [0.29, 0.717) is 10.7 Å². The zero-order valence-corrected chi connectivity index (χ0v) is 15.6. The molecule has 136 valence electrons. The average molecular weight is 371 g/mol. The molecule has 0 bridgehead atoms. The van der Waals surface area contributed by atoms with Gasteiger partial charge < -0.3 is 10.6 Å². The van der Waals surface area contributed by atoms with Crippen molar-refractivity contribution in [1.29, 1.82) is 0 Å². The van der Waals surface area contributed by atoms with E-state index < -0.39 is 11.8 Å². The Bertz CT molecular complexity index is 802. The maximum Gasteiger partial charge on any atom is 0.313 e. The summed E-state index contributed by atoms with van der Waals surface area (Å²) in [5.41, 5.74) is 4.37. The van der Waals surface area contributed by atoms with Crippen LogP contribution >= 0.6 is 11.6 Å². The van der Waals surface area contributed by atoms with Gasteiger partial charge in [-0.2, -0.15) is 0 Å². The summed E-state index contributed by atoms with van der Waals surface area (Å²) in [6, 6.07) is 12.9. The van der Waals surface area contributed by atoms with Gasteiger partial charge in [-0.25, -0.2) is 0 Å². The fourth-order valence-electron chi connectivity index (χ4n) is 3.34. The van der Waals surface area contributed by atoms with Gasteiger partial charge in [-0.15, -0.1) is 0 Å². The van der Waals surface area contributed by atoms with Crippen LogP contribution in [0.1, 0.15) is 48.9 Å². The molecule has 1 atom stereocenters. The van der Waals surface area contributed by atoms with Gasteiger partial charge in [0.05, 0.1) is 6.04 Å². The van der Waals surface area contributed by atoms with Gasteiger partial charge in [-0.3, -0.25) is 9.59 Å². The first-order chi connectivity index (χ1) is 12.6. The van der Waals surface area contributed by atoms with Gasteiger partial charge >= 0.3 is 11.8 Å². The second-order valence-electron chi connectivity index (χ2n) is 6.63. The maximum absolute atomic E-state index is 12.3. The van der Waals surface area contributed by atoms with Crippen molar-refractivity contribution < 1.29 is 9.59 Å². The van der Waals surface area contributed by atoms with Crippen LogP contribution in [0.3, 0.4) is 0 Å². The van der Waals surface area contributed by atoms with Crippen molar-refractivity contribution in [3.8, 4) is 0 Å². The predicted molar refractivity (Wildman–Crippen MR) is 104 cm³/mol. The van der Waals surface area contributed by atoms with Crippen LogP contribution in [-0.2, 0) is 22.4 Å². The Hall–Kier alpha value is -2.33. The number of hydrogen-bond donors (Lipinski definition) is 2. The van der Waals surface area contributed by atoms with E-state index in [1.54, 1.807) is 24.3 Å². The molecule has 0 aliphatic heterocycles. The lowest BCUT2D eigenvalue weighted by atomic mass is 9.89. The molecule has 26 heavy (non-hydrogen) atoms. The Morgan fingerprint density at radius 1 is 1.00 bits per heavy atom. The third-order valence-corrected chi connectivity index (χ3v) is 5.05. The molecular formula is C21H23ClN2O2. The molecule has 1 aliphatic rings. The molecule has 1 aliphatic carbocycles. The van der Waals surface area contributed by atoms with Gasteiger partial charge in [0.1, 0.15) is 0 Å². The summed E-state index contributed by atoms with van der Waals surface area (Å²) in [5, 5.41) is 6.01. The molecule has 0 saturated heterocycles. The van der Waals surface area contributed by atoms with Crippen molar-refractivity contribution in [2.75, 3.05) is 5.32 Å². The molecule has 3 rings (SSSR count). The number of amides is 2. The summed E-state index contributed by atoms with van der Waals surface area (Å²) < 4.78 is 0. The Morgan fingerprint density at radius 2 is 1.69 bits per heavy atom. The van der Waals surface area contributed by atoms with E-state index in [0.717, 1.165) is 24.8 Å². The molecule has 2 aromatic carbocycles. The summed E-state index contributed by atoms with van der Waals surface area (Å²) in [4.78, 5) is 24.5. The van der Waals surface area contributed by atoms with Gasteiger partial charge in [0.2, 0.25) is 0 Å². The highest BCUT2D eigenvalue weighted by Gasteiger charge is 2.20. The Morgan fingerprint density at radius 3 is 2.38 bits per heavy atom. The lowest BCUT2D eigenvalue weighted by molar-refractivity contribution is -0.136. The Labute approximate surface area is 158 Å². The quantitative estimate of drug-likeness (QED) is 0.782. The minimum atomic E-state index is -0.677. The minimum absolute atomic E-state index is 0.175. The number of carbonyl (C=O) groups is 2. The van der Waals surface area contributed by atoms with E-state index in [1.807, 2.05) is 6.92 Å². The molecule has 0 heterocycles. The third kappa shape index (κ3) is 4.44. The second kappa shape index (κ2) is 8.37. The average Bonchev–Trinajstić information content (AvgIpc) is 2.67. The second-order valence-corrected chi connectivity index (χ2v) is 7.07. The summed E-state index contributed by atoms with van der Waals surface area (Å²) in [7, 11) is 0. The number of halogens is 1. The highest BCUT2D eigenvalue weighted by molar-refractivity contribution is 6.39. The normalized spacial score (nSPS) is 14.2. The third-order valence-electron chi connectivity index (χ3n) is 4.80. The molecule has 2 N–H and O–H groups in total. The van der Waals surface area contributed by atoms with Crippen LogP contribution < -0.4 is 10.6 Å². The van der Waals surface area contributed by atoms with E-state index in [-0.39, 0.29) is 6.04 Å². The number of carbonyl (C=O) groups excluding carboxylic acids is 2. The fourth-order valence-corrected chi connectivity index (χ4v) is 3.46. The standard InChI is InChI=1S/C21H23ClN2O2/c1-2-19(16-8-7-14-5-3-4-6-15(14)13-16)24-21(26)20(25)23-18-11-9-17(22)10-12-18/h7-13,19H,2-6H2,1H3,(H,23,25)(H,24,26). The Balaban J connectivity index is 1.66. The number of anilines is 1. The van der Waals surface area contributed by atoms with Crippen LogP contribution in [0.15, 0.2) is 42.5 Å². The van der Waals surface area contributed by atoms with Gasteiger partial charge in [-0.1, -0.05) is 36.7 Å². The number of nitrogens with one attached hydrogen (secondary N) is 2. The first kappa shape index (κ1) is 18.5. The van der Waals surface area contributed by atoms with E-state index in [1.165, 1.54) is 24.0 Å². The van der Waals surface area contributed by atoms with E-state index in [4.69, 9.17) is 11.6 Å². The van der Waals surface area contributed by atoms with Crippen molar-refractivity contribution in [2.24, 2.45) is 0 Å². The maximum atomic E-state index is 12.3. The summed E-state index contributed by atoms with van der Waals surface area (Å²) in [6.45, 7) is 2.00. The topological polar surface area (TPSA) is 58.2 Å². The predicted octanol–water partition coefficient (Wildman–Crippen LogP) is 4.42. The van der Waals surface area contributed by atoms with Gasteiger partial charge in [-0.05, 0) is 73.1 Å². The van der Waals surface area contributed by atoms with Crippen LogP contribution in [0.2, 0.25) is 5.02 Å². The molecule has 2 amide bonds. The molecule has 4 nitrogen and oxygen atoms in total. The highest BCUT2D eigenvalue weighted by atomic mass is 35.5.